The second kappa shape index (κ2) is 6.89. The van der Waals surface area contributed by atoms with E-state index in [2.05, 4.69) is 26.2 Å². The summed E-state index contributed by atoms with van der Waals surface area (Å²) < 4.78 is 0.736. The number of nitrogens with zero attached hydrogens (tertiary/aromatic N) is 1. The summed E-state index contributed by atoms with van der Waals surface area (Å²) in [4.78, 5) is 16.1. The second-order valence-electron chi connectivity index (χ2n) is 5.19. The van der Waals surface area contributed by atoms with Crippen LogP contribution in [0.2, 0.25) is 0 Å². The molecule has 3 aromatic rings. The summed E-state index contributed by atoms with van der Waals surface area (Å²) in [6.45, 7) is 0.138. The smallest absolute Gasteiger partial charge is 0.252 e. The summed E-state index contributed by atoms with van der Waals surface area (Å²) in [6.07, 6.45) is 2.33. The molecule has 1 unspecified atom stereocenters. The van der Waals surface area contributed by atoms with E-state index in [-0.39, 0.29) is 12.5 Å². The highest BCUT2D eigenvalue weighted by molar-refractivity contribution is 9.10. The number of amides is 1. The van der Waals surface area contributed by atoms with Crippen LogP contribution in [0.25, 0.3) is 10.8 Å². The highest BCUT2D eigenvalue weighted by atomic mass is 79.9. The van der Waals surface area contributed by atoms with Crippen molar-refractivity contribution in [3.8, 4) is 0 Å². The molecule has 0 bridgehead atoms. The summed E-state index contributed by atoms with van der Waals surface area (Å²) >= 11 is 3.28. The largest absolute Gasteiger partial charge is 0.387 e. The van der Waals surface area contributed by atoms with Crippen molar-refractivity contribution in [2.75, 3.05) is 6.54 Å². The molecule has 3 rings (SSSR count). The maximum Gasteiger partial charge on any atom is 0.252 e. The standard InChI is InChI=1S/C18H15BrN2O2/c19-14-8-13(9-20-10-14)18(23)21-11-17(22)16-7-3-5-12-4-1-2-6-15(12)16/h1-10,17,22H,11H2,(H,21,23). The number of carbonyl (C=O) groups excluding carboxylic acids is 1. The average molecular weight is 371 g/mol. The fourth-order valence-corrected chi connectivity index (χ4v) is 2.84. The lowest BCUT2D eigenvalue weighted by Gasteiger charge is -2.14. The number of halogens is 1. The number of nitrogens with one attached hydrogen (secondary N) is 1. The summed E-state index contributed by atoms with van der Waals surface area (Å²) in [7, 11) is 0. The van der Waals surface area contributed by atoms with Gasteiger partial charge in [0.05, 0.1) is 11.7 Å². The molecule has 23 heavy (non-hydrogen) atoms. The number of aliphatic hydroxyl groups is 1. The Morgan fingerprint density at radius 1 is 1.17 bits per heavy atom. The van der Waals surface area contributed by atoms with Crippen molar-refractivity contribution < 1.29 is 9.90 Å². The van der Waals surface area contributed by atoms with Crippen LogP contribution in [0.5, 0.6) is 0 Å². The van der Waals surface area contributed by atoms with Crippen molar-refractivity contribution in [2.45, 2.75) is 6.10 Å². The minimum atomic E-state index is -0.773. The number of fused-ring (bicyclic) bond motifs is 1. The first-order valence-corrected chi connectivity index (χ1v) is 7.99. The average Bonchev–Trinajstić information content (AvgIpc) is 2.59. The quantitative estimate of drug-likeness (QED) is 0.739. The number of benzene rings is 2. The molecule has 0 aliphatic heterocycles. The lowest BCUT2D eigenvalue weighted by molar-refractivity contribution is 0.0916. The Kier molecular flexibility index (Phi) is 4.69. The van der Waals surface area contributed by atoms with Gasteiger partial charge in [0.25, 0.3) is 5.91 Å². The maximum absolute atomic E-state index is 12.1. The van der Waals surface area contributed by atoms with Gasteiger partial charge in [-0.05, 0) is 38.3 Å². The Bertz CT molecular complexity index is 846. The summed E-state index contributed by atoms with van der Waals surface area (Å²) in [6, 6.07) is 15.3. The van der Waals surface area contributed by atoms with Crippen molar-refractivity contribution in [3.05, 3.63) is 76.5 Å². The molecule has 4 nitrogen and oxygen atoms in total. The first kappa shape index (κ1) is 15.6. The van der Waals surface area contributed by atoms with Gasteiger partial charge >= 0.3 is 0 Å². The van der Waals surface area contributed by atoms with Gasteiger partial charge in [0.15, 0.2) is 0 Å². The van der Waals surface area contributed by atoms with Crippen LogP contribution in [0.3, 0.4) is 0 Å². The van der Waals surface area contributed by atoms with Crippen molar-refractivity contribution in [2.24, 2.45) is 0 Å². The maximum atomic E-state index is 12.1. The Morgan fingerprint density at radius 2 is 1.96 bits per heavy atom. The molecule has 0 saturated carbocycles. The Balaban J connectivity index is 1.74. The lowest BCUT2D eigenvalue weighted by Crippen LogP contribution is -2.28. The van der Waals surface area contributed by atoms with Gasteiger partial charge in [-0.3, -0.25) is 9.78 Å². The van der Waals surface area contributed by atoms with Crippen molar-refractivity contribution in [1.29, 1.82) is 0 Å². The van der Waals surface area contributed by atoms with Crippen molar-refractivity contribution >= 4 is 32.6 Å². The van der Waals surface area contributed by atoms with Crippen LogP contribution in [0.15, 0.2) is 65.4 Å². The molecule has 2 N–H and O–H groups in total. The zero-order valence-electron chi connectivity index (χ0n) is 12.2. The number of aliphatic hydroxyl groups excluding tert-OH is 1. The number of hydrogen-bond acceptors (Lipinski definition) is 3. The highest BCUT2D eigenvalue weighted by Gasteiger charge is 2.13. The zero-order chi connectivity index (χ0) is 16.2. The third-order valence-electron chi connectivity index (χ3n) is 3.61. The van der Waals surface area contributed by atoms with Crippen molar-refractivity contribution in [1.82, 2.24) is 10.3 Å². The molecule has 5 heteroatoms. The van der Waals surface area contributed by atoms with E-state index in [9.17, 15) is 9.90 Å². The Morgan fingerprint density at radius 3 is 2.78 bits per heavy atom. The third kappa shape index (κ3) is 3.57. The summed E-state index contributed by atoms with van der Waals surface area (Å²) in [5.74, 6) is -0.266. The molecule has 1 atom stereocenters. The fourth-order valence-electron chi connectivity index (χ4n) is 2.48. The molecule has 0 radical (unpaired) electrons. The molecule has 0 spiro atoms. The summed E-state index contributed by atoms with van der Waals surface area (Å²) in [5, 5.41) is 15.2. The monoisotopic (exact) mass is 370 g/mol. The summed E-state index contributed by atoms with van der Waals surface area (Å²) in [5.41, 5.74) is 1.25. The SMILES string of the molecule is O=C(NCC(O)c1cccc2ccccc12)c1cncc(Br)c1. The molecular formula is C18H15BrN2O2. The van der Waals surface area contributed by atoms with E-state index in [1.807, 2.05) is 42.5 Å². The molecule has 2 aromatic carbocycles. The minimum Gasteiger partial charge on any atom is -0.387 e. The van der Waals surface area contributed by atoms with Crippen LogP contribution in [-0.4, -0.2) is 22.5 Å². The highest BCUT2D eigenvalue weighted by Crippen LogP contribution is 2.23. The van der Waals surface area contributed by atoms with Gasteiger partial charge in [0, 0.05) is 23.4 Å². The number of carbonyl (C=O) groups is 1. The molecule has 0 aliphatic carbocycles. The molecule has 0 fully saturated rings. The van der Waals surface area contributed by atoms with Gasteiger partial charge in [0.1, 0.15) is 0 Å². The predicted molar refractivity (Wildman–Crippen MR) is 93.2 cm³/mol. The van der Waals surface area contributed by atoms with Crippen molar-refractivity contribution in [3.63, 3.8) is 0 Å². The number of hydrogen-bond donors (Lipinski definition) is 2. The van der Waals surface area contributed by atoms with Gasteiger partial charge < -0.3 is 10.4 Å². The third-order valence-corrected chi connectivity index (χ3v) is 4.04. The number of aromatic nitrogens is 1. The van der Waals surface area contributed by atoms with Gasteiger partial charge in [0.2, 0.25) is 0 Å². The van der Waals surface area contributed by atoms with E-state index < -0.39 is 6.10 Å². The van der Waals surface area contributed by atoms with Crippen LogP contribution in [-0.2, 0) is 0 Å². The first-order chi connectivity index (χ1) is 11.1. The normalized spacial score (nSPS) is 12.1. The Hall–Kier alpha value is -2.24. The molecule has 1 heterocycles. The second-order valence-corrected chi connectivity index (χ2v) is 6.10. The van der Waals surface area contributed by atoms with Gasteiger partial charge in [-0.15, -0.1) is 0 Å². The molecule has 1 aromatic heterocycles. The van der Waals surface area contributed by atoms with Gasteiger partial charge in [-0.2, -0.15) is 0 Å². The fraction of sp³-hybridized carbons (Fsp3) is 0.111. The van der Waals surface area contributed by atoms with Crippen LogP contribution in [0, 0.1) is 0 Å². The molecule has 116 valence electrons. The zero-order valence-corrected chi connectivity index (χ0v) is 13.8. The molecule has 0 saturated heterocycles. The topological polar surface area (TPSA) is 62.2 Å². The molecule has 0 aliphatic rings. The van der Waals surface area contributed by atoms with Crippen LogP contribution in [0.1, 0.15) is 22.0 Å². The van der Waals surface area contributed by atoms with E-state index in [0.717, 1.165) is 20.8 Å². The van der Waals surface area contributed by atoms with Crippen LogP contribution in [0.4, 0.5) is 0 Å². The van der Waals surface area contributed by atoms with E-state index in [1.54, 1.807) is 12.3 Å². The van der Waals surface area contributed by atoms with Crippen LogP contribution >= 0.6 is 15.9 Å². The lowest BCUT2D eigenvalue weighted by atomic mass is 10.0. The molecule has 1 amide bonds. The first-order valence-electron chi connectivity index (χ1n) is 7.19. The Labute approximate surface area is 142 Å². The van der Waals surface area contributed by atoms with E-state index in [1.165, 1.54) is 6.20 Å². The number of pyridine rings is 1. The number of rotatable bonds is 4. The minimum absolute atomic E-state index is 0.138. The van der Waals surface area contributed by atoms with Gasteiger partial charge in [-0.25, -0.2) is 0 Å². The molecular weight excluding hydrogens is 356 g/mol. The van der Waals surface area contributed by atoms with Crippen LogP contribution < -0.4 is 5.32 Å². The predicted octanol–water partition coefficient (Wildman–Crippen LogP) is 3.46. The van der Waals surface area contributed by atoms with E-state index in [0.29, 0.717) is 5.56 Å². The van der Waals surface area contributed by atoms with Gasteiger partial charge in [-0.1, -0.05) is 42.5 Å². The van der Waals surface area contributed by atoms with E-state index >= 15 is 0 Å². The van der Waals surface area contributed by atoms with E-state index in [4.69, 9.17) is 0 Å².